The lowest BCUT2D eigenvalue weighted by molar-refractivity contribution is 0.0463. The molecule has 7 rings (SSSR count). The molecule has 1 radical (unpaired) electrons. The number of nitrogens with zero attached hydrogens (tertiary/aromatic N) is 2. The van der Waals surface area contributed by atoms with E-state index >= 15 is 0 Å². The molecule has 2 unspecified atom stereocenters. The fourth-order valence-electron chi connectivity index (χ4n) is 5.34. The maximum atomic E-state index is 4.70. The molecule has 0 spiro atoms. The molecule has 2 atom stereocenters. The van der Waals surface area contributed by atoms with Gasteiger partial charge in [-0.3, -0.25) is 9.89 Å². The molecular weight excluding hydrogens is 318 g/mol. The topological polar surface area (TPSA) is 31.4 Å². The van der Waals surface area contributed by atoms with Crippen LogP contribution < -0.4 is 0 Å². The summed E-state index contributed by atoms with van der Waals surface area (Å²) in [6.07, 6.45) is 9.65. The molecule has 2 aromatic carbocycles. The van der Waals surface area contributed by atoms with E-state index in [1.54, 1.807) is 0 Å². The summed E-state index contributed by atoms with van der Waals surface area (Å²) in [5, 5.41) is 2.55. The van der Waals surface area contributed by atoms with E-state index < -0.39 is 0 Å². The lowest BCUT2D eigenvalue weighted by Crippen LogP contribution is -2.51. The maximum absolute atomic E-state index is 4.70. The number of aliphatic imine (C=N–C) groups is 1. The summed E-state index contributed by atoms with van der Waals surface area (Å²) in [5.74, 6) is 1.20. The summed E-state index contributed by atoms with van der Waals surface area (Å²) < 4.78 is 0. The Morgan fingerprint density at radius 2 is 1.92 bits per heavy atom. The number of nitrogens with one attached hydrogen (secondary N) is 1. The van der Waals surface area contributed by atoms with Gasteiger partial charge in [0.05, 0.1) is 17.6 Å². The third kappa shape index (κ3) is 2.07. The van der Waals surface area contributed by atoms with Crippen molar-refractivity contribution in [3.8, 4) is 11.3 Å². The monoisotopic (exact) mass is 340 g/mol. The number of aromatic amines is 1. The van der Waals surface area contributed by atoms with E-state index in [0.717, 1.165) is 11.6 Å². The van der Waals surface area contributed by atoms with Gasteiger partial charge in [-0.2, -0.15) is 0 Å². The molecule has 1 N–H and O–H groups in total. The van der Waals surface area contributed by atoms with Gasteiger partial charge < -0.3 is 4.98 Å². The SMILES string of the molecule is [C]1=Nc2cccc(-c3[nH]cc4ccccc34)c2C1C1CC2CCN1CC2. The summed E-state index contributed by atoms with van der Waals surface area (Å²) in [6, 6.07) is 15.7. The Kier molecular flexibility index (Phi) is 3.15. The van der Waals surface area contributed by atoms with Gasteiger partial charge in [-0.15, -0.1) is 0 Å². The Morgan fingerprint density at radius 1 is 1.04 bits per heavy atom. The second-order valence-electron chi connectivity index (χ2n) is 7.99. The van der Waals surface area contributed by atoms with Crippen molar-refractivity contribution in [1.29, 1.82) is 0 Å². The molecule has 3 saturated heterocycles. The molecule has 2 bridgehead atoms. The molecule has 129 valence electrons. The molecular formula is C23H22N3. The highest BCUT2D eigenvalue weighted by molar-refractivity contribution is 5.99. The molecule has 26 heavy (non-hydrogen) atoms. The first kappa shape index (κ1) is 14.7. The van der Waals surface area contributed by atoms with Crippen LogP contribution in [0.2, 0.25) is 0 Å². The Balaban J connectivity index is 1.49. The number of aromatic nitrogens is 1. The zero-order valence-electron chi connectivity index (χ0n) is 14.8. The molecule has 3 heteroatoms. The fourth-order valence-corrected chi connectivity index (χ4v) is 5.34. The molecule has 3 nitrogen and oxygen atoms in total. The van der Waals surface area contributed by atoms with Crippen LogP contribution in [-0.2, 0) is 0 Å². The van der Waals surface area contributed by atoms with Crippen LogP contribution in [0, 0.1) is 5.92 Å². The van der Waals surface area contributed by atoms with E-state index in [0.29, 0.717) is 12.0 Å². The average Bonchev–Trinajstić information content (AvgIpc) is 3.33. The van der Waals surface area contributed by atoms with Crippen molar-refractivity contribution in [3.05, 3.63) is 54.2 Å². The first-order valence-electron chi connectivity index (χ1n) is 9.78. The van der Waals surface area contributed by atoms with Crippen LogP contribution in [0.15, 0.2) is 53.7 Å². The van der Waals surface area contributed by atoms with Crippen LogP contribution >= 0.6 is 0 Å². The summed E-state index contributed by atoms with van der Waals surface area (Å²) >= 11 is 0. The highest BCUT2D eigenvalue weighted by Gasteiger charge is 2.41. The maximum Gasteiger partial charge on any atom is 0.0724 e. The van der Waals surface area contributed by atoms with Gasteiger partial charge in [-0.25, -0.2) is 0 Å². The molecule has 3 aromatic rings. The molecule has 4 aliphatic rings. The Morgan fingerprint density at radius 3 is 2.77 bits per heavy atom. The van der Waals surface area contributed by atoms with Crippen LogP contribution in [0.3, 0.4) is 0 Å². The molecule has 0 amide bonds. The number of hydrogen-bond donors (Lipinski definition) is 1. The zero-order chi connectivity index (χ0) is 17.1. The smallest absolute Gasteiger partial charge is 0.0724 e. The summed E-state index contributed by atoms with van der Waals surface area (Å²) in [4.78, 5) is 10.9. The van der Waals surface area contributed by atoms with Gasteiger partial charge in [0.2, 0.25) is 0 Å². The predicted molar refractivity (Wildman–Crippen MR) is 106 cm³/mol. The normalized spacial score (nSPS) is 29.4. The number of H-pyrrole nitrogens is 1. The van der Waals surface area contributed by atoms with Gasteiger partial charge >= 0.3 is 0 Å². The molecule has 3 fully saturated rings. The van der Waals surface area contributed by atoms with Gasteiger partial charge in [0.1, 0.15) is 0 Å². The second kappa shape index (κ2) is 5.55. The fraction of sp³-hybridized carbons (Fsp3) is 0.348. The molecule has 0 aliphatic carbocycles. The number of piperidine rings is 3. The van der Waals surface area contributed by atoms with Gasteiger partial charge in [0, 0.05) is 29.1 Å². The summed E-state index contributed by atoms with van der Waals surface area (Å²) in [6.45, 7) is 2.49. The van der Waals surface area contributed by atoms with Crippen LogP contribution in [0.4, 0.5) is 5.69 Å². The van der Waals surface area contributed by atoms with E-state index in [1.807, 2.05) is 0 Å². The Labute approximate surface area is 153 Å². The first-order chi connectivity index (χ1) is 12.9. The molecule has 1 aromatic heterocycles. The lowest BCUT2D eigenvalue weighted by atomic mass is 9.76. The van der Waals surface area contributed by atoms with Gasteiger partial charge in [0.25, 0.3) is 0 Å². The number of rotatable bonds is 2. The number of hydrogen-bond acceptors (Lipinski definition) is 2. The minimum Gasteiger partial charge on any atom is -0.360 e. The van der Waals surface area contributed by atoms with E-state index in [-0.39, 0.29) is 0 Å². The van der Waals surface area contributed by atoms with E-state index in [1.165, 1.54) is 59.9 Å². The van der Waals surface area contributed by atoms with Crippen molar-refractivity contribution in [3.63, 3.8) is 0 Å². The van der Waals surface area contributed by atoms with E-state index in [2.05, 4.69) is 64.8 Å². The first-order valence-corrected chi connectivity index (χ1v) is 9.78. The highest BCUT2D eigenvalue weighted by atomic mass is 15.2. The molecule has 4 aliphatic heterocycles. The van der Waals surface area contributed by atoms with Crippen molar-refractivity contribution in [2.24, 2.45) is 10.9 Å². The molecule has 5 heterocycles. The van der Waals surface area contributed by atoms with Crippen molar-refractivity contribution in [2.45, 2.75) is 31.2 Å². The Bertz CT molecular complexity index is 1010. The van der Waals surface area contributed by atoms with E-state index in [4.69, 9.17) is 4.99 Å². The van der Waals surface area contributed by atoms with Gasteiger partial charge in [-0.1, -0.05) is 36.4 Å². The largest absolute Gasteiger partial charge is 0.360 e. The summed E-state index contributed by atoms with van der Waals surface area (Å²) in [5.41, 5.74) is 4.99. The van der Waals surface area contributed by atoms with Gasteiger partial charge in [-0.05, 0) is 55.3 Å². The minimum atomic E-state index is 0.298. The van der Waals surface area contributed by atoms with Crippen molar-refractivity contribution in [2.75, 3.05) is 13.1 Å². The average molecular weight is 340 g/mol. The Hall–Kier alpha value is -2.39. The zero-order valence-corrected chi connectivity index (χ0v) is 14.8. The van der Waals surface area contributed by atoms with Crippen molar-refractivity contribution >= 4 is 22.7 Å². The minimum absolute atomic E-state index is 0.298. The van der Waals surface area contributed by atoms with Crippen LogP contribution in [-0.4, -0.2) is 35.2 Å². The van der Waals surface area contributed by atoms with Crippen LogP contribution in [0.5, 0.6) is 0 Å². The molecule has 0 saturated carbocycles. The van der Waals surface area contributed by atoms with Crippen molar-refractivity contribution in [1.82, 2.24) is 9.88 Å². The predicted octanol–water partition coefficient (Wildman–Crippen LogP) is 5.00. The van der Waals surface area contributed by atoms with Gasteiger partial charge in [0.15, 0.2) is 0 Å². The second-order valence-corrected chi connectivity index (χ2v) is 7.99. The quantitative estimate of drug-likeness (QED) is 0.700. The number of fused-ring (bicyclic) bond motifs is 5. The van der Waals surface area contributed by atoms with Crippen molar-refractivity contribution < 1.29 is 0 Å². The lowest BCUT2D eigenvalue weighted by Gasteiger charge is -2.47. The summed E-state index contributed by atoms with van der Waals surface area (Å²) in [7, 11) is 0. The standard InChI is InChI=1S/C23H22N3/c1-2-5-17-16(4-1)13-25-23(17)18-6-3-7-20-22(18)19(14-24-20)21-12-15-8-10-26(21)11-9-15/h1-7,13,15,19,21,25H,8-12H2. The van der Waals surface area contributed by atoms with E-state index in [9.17, 15) is 0 Å². The highest BCUT2D eigenvalue weighted by Crippen LogP contribution is 2.47. The third-order valence-corrected chi connectivity index (χ3v) is 6.67. The number of benzene rings is 2. The third-order valence-electron chi connectivity index (χ3n) is 6.67. The van der Waals surface area contributed by atoms with Crippen LogP contribution in [0.25, 0.3) is 22.0 Å². The van der Waals surface area contributed by atoms with Crippen LogP contribution in [0.1, 0.15) is 30.7 Å².